The van der Waals surface area contributed by atoms with Gasteiger partial charge in [0.05, 0.1) is 5.70 Å². The fraction of sp³-hybridized carbons (Fsp3) is 0.700. The molecule has 1 aliphatic heterocycles. The van der Waals surface area contributed by atoms with Crippen LogP contribution in [-0.4, -0.2) is 47.9 Å². The van der Waals surface area contributed by atoms with Crippen LogP contribution in [-0.2, 0) is 4.79 Å². The quantitative estimate of drug-likeness (QED) is 0.648. The summed E-state index contributed by atoms with van der Waals surface area (Å²) in [5.41, 5.74) is 6.03. The molecule has 0 spiro atoms. The highest BCUT2D eigenvalue weighted by atomic mass is 16.2. The standard InChI is InChI=1S/C10H19N3O/c1-8(2)13-7-6-12(5-4-11)9(3)10(13)14/h8H,3-7,11H2,1-2H3. The van der Waals surface area contributed by atoms with E-state index in [-0.39, 0.29) is 11.9 Å². The van der Waals surface area contributed by atoms with Crippen molar-refractivity contribution in [1.29, 1.82) is 0 Å². The molecule has 0 atom stereocenters. The van der Waals surface area contributed by atoms with Crippen molar-refractivity contribution in [2.45, 2.75) is 19.9 Å². The smallest absolute Gasteiger partial charge is 0.269 e. The first kappa shape index (κ1) is 11.0. The number of nitrogens with zero attached hydrogens (tertiary/aromatic N) is 2. The third kappa shape index (κ3) is 2.07. The Morgan fingerprint density at radius 2 is 2.14 bits per heavy atom. The average molecular weight is 197 g/mol. The SMILES string of the molecule is C=C1C(=O)N(C(C)C)CCN1CCN. The number of carbonyl (C=O) groups is 1. The molecule has 0 aliphatic carbocycles. The molecule has 80 valence electrons. The first-order valence-corrected chi connectivity index (χ1v) is 5.02. The Hall–Kier alpha value is -1.03. The lowest BCUT2D eigenvalue weighted by molar-refractivity contribution is -0.133. The van der Waals surface area contributed by atoms with Crippen LogP contribution in [0.5, 0.6) is 0 Å². The van der Waals surface area contributed by atoms with Gasteiger partial charge in [-0.2, -0.15) is 0 Å². The number of amides is 1. The molecule has 14 heavy (non-hydrogen) atoms. The lowest BCUT2D eigenvalue weighted by atomic mass is 10.2. The average Bonchev–Trinajstić information content (AvgIpc) is 2.13. The van der Waals surface area contributed by atoms with E-state index in [2.05, 4.69) is 6.58 Å². The molecule has 0 aromatic heterocycles. The number of piperazine rings is 1. The highest BCUT2D eigenvalue weighted by Crippen LogP contribution is 2.14. The van der Waals surface area contributed by atoms with Crippen molar-refractivity contribution in [2.24, 2.45) is 5.73 Å². The van der Waals surface area contributed by atoms with Crippen molar-refractivity contribution in [3.8, 4) is 0 Å². The second-order valence-electron chi connectivity index (χ2n) is 3.81. The van der Waals surface area contributed by atoms with E-state index in [0.29, 0.717) is 12.2 Å². The van der Waals surface area contributed by atoms with Crippen LogP contribution in [0.4, 0.5) is 0 Å². The summed E-state index contributed by atoms with van der Waals surface area (Å²) in [6.45, 7) is 10.7. The van der Waals surface area contributed by atoms with Gasteiger partial charge in [0.25, 0.3) is 5.91 Å². The first-order chi connectivity index (χ1) is 6.57. The van der Waals surface area contributed by atoms with Gasteiger partial charge in [-0.05, 0) is 13.8 Å². The Bertz CT molecular complexity index is 238. The minimum Gasteiger partial charge on any atom is -0.365 e. The fourth-order valence-corrected chi connectivity index (χ4v) is 1.66. The molecule has 0 unspecified atom stereocenters. The topological polar surface area (TPSA) is 49.6 Å². The maximum absolute atomic E-state index is 11.8. The van der Waals surface area contributed by atoms with E-state index in [4.69, 9.17) is 5.73 Å². The monoisotopic (exact) mass is 197 g/mol. The predicted molar refractivity (Wildman–Crippen MR) is 56.6 cm³/mol. The third-order valence-electron chi connectivity index (χ3n) is 2.52. The zero-order valence-electron chi connectivity index (χ0n) is 8.99. The van der Waals surface area contributed by atoms with E-state index in [0.717, 1.165) is 19.6 Å². The van der Waals surface area contributed by atoms with Gasteiger partial charge in [0.15, 0.2) is 0 Å². The molecule has 0 radical (unpaired) electrons. The van der Waals surface area contributed by atoms with Crippen molar-refractivity contribution in [1.82, 2.24) is 9.80 Å². The van der Waals surface area contributed by atoms with Gasteiger partial charge in [0, 0.05) is 32.2 Å². The second-order valence-corrected chi connectivity index (χ2v) is 3.81. The summed E-state index contributed by atoms with van der Waals surface area (Å²) in [5, 5.41) is 0. The Labute approximate surface area is 85.3 Å². The van der Waals surface area contributed by atoms with Crippen LogP contribution in [0, 0.1) is 0 Å². The van der Waals surface area contributed by atoms with Crippen LogP contribution < -0.4 is 5.73 Å². The lowest BCUT2D eigenvalue weighted by Crippen LogP contribution is -2.51. The zero-order valence-corrected chi connectivity index (χ0v) is 8.99. The third-order valence-corrected chi connectivity index (χ3v) is 2.52. The van der Waals surface area contributed by atoms with Crippen molar-refractivity contribution in [2.75, 3.05) is 26.2 Å². The zero-order chi connectivity index (χ0) is 10.7. The number of rotatable bonds is 3. The largest absolute Gasteiger partial charge is 0.365 e. The van der Waals surface area contributed by atoms with Gasteiger partial charge in [0.2, 0.25) is 0 Å². The molecule has 4 heteroatoms. The molecule has 1 amide bonds. The summed E-state index contributed by atoms with van der Waals surface area (Å²) in [6.07, 6.45) is 0. The molecular formula is C10H19N3O. The molecule has 0 aromatic rings. The molecule has 1 saturated heterocycles. The summed E-state index contributed by atoms with van der Waals surface area (Å²) >= 11 is 0. The molecule has 0 bridgehead atoms. The molecule has 1 rings (SSSR count). The van der Waals surface area contributed by atoms with Gasteiger partial charge >= 0.3 is 0 Å². The maximum Gasteiger partial charge on any atom is 0.269 e. The van der Waals surface area contributed by atoms with Gasteiger partial charge in [0.1, 0.15) is 0 Å². The summed E-state index contributed by atoms with van der Waals surface area (Å²) in [4.78, 5) is 15.6. The van der Waals surface area contributed by atoms with Crippen molar-refractivity contribution in [3.05, 3.63) is 12.3 Å². The van der Waals surface area contributed by atoms with E-state index < -0.39 is 0 Å². The molecule has 0 saturated carbocycles. The fourth-order valence-electron chi connectivity index (χ4n) is 1.66. The normalized spacial score (nSPS) is 18.3. The second kappa shape index (κ2) is 4.46. The minimum absolute atomic E-state index is 0.0414. The van der Waals surface area contributed by atoms with Gasteiger partial charge in [-0.3, -0.25) is 4.79 Å². The van der Waals surface area contributed by atoms with Crippen molar-refractivity contribution in [3.63, 3.8) is 0 Å². The summed E-state index contributed by atoms with van der Waals surface area (Å²) in [5.74, 6) is 0.0414. The van der Waals surface area contributed by atoms with E-state index in [1.165, 1.54) is 0 Å². The molecule has 1 fully saturated rings. The van der Waals surface area contributed by atoms with Gasteiger partial charge < -0.3 is 15.5 Å². The summed E-state index contributed by atoms with van der Waals surface area (Å²) in [6, 6.07) is 0.249. The van der Waals surface area contributed by atoms with E-state index in [9.17, 15) is 4.79 Å². The number of nitrogens with two attached hydrogens (primary N) is 1. The van der Waals surface area contributed by atoms with Crippen LogP contribution in [0.1, 0.15) is 13.8 Å². The van der Waals surface area contributed by atoms with Crippen LogP contribution in [0.2, 0.25) is 0 Å². The van der Waals surface area contributed by atoms with Crippen LogP contribution >= 0.6 is 0 Å². The molecule has 4 nitrogen and oxygen atoms in total. The molecule has 0 aromatic carbocycles. The molecule has 1 aliphatic rings. The van der Waals surface area contributed by atoms with Crippen LogP contribution in [0.15, 0.2) is 12.3 Å². The summed E-state index contributed by atoms with van der Waals surface area (Å²) < 4.78 is 0. The van der Waals surface area contributed by atoms with Gasteiger partial charge in [-0.15, -0.1) is 0 Å². The number of hydrogen-bond donors (Lipinski definition) is 1. The highest BCUT2D eigenvalue weighted by molar-refractivity contribution is 5.93. The first-order valence-electron chi connectivity index (χ1n) is 5.02. The number of hydrogen-bond acceptors (Lipinski definition) is 3. The van der Waals surface area contributed by atoms with E-state index in [1.807, 2.05) is 23.6 Å². The summed E-state index contributed by atoms with van der Waals surface area (Å²) in [7, 11) is 0. The Morgan fingerprint density at radius 3 is 2.64 bits per heavy atom. The maximum atomic E-state index is 11.8. The number of carbonyl (C=O) groups excluding carboxylic acids is 1. The predicted octanol–water partition coefficient (Wildman–Crippen LogP) is 0.0114. The van der Waals surface area contributed by atoms with Crippen molar-refractivity contribution < 1.29 is 4.79 Å². The van der Waals surface area contributed by atoms with E-state index in [1.54, 1.807) is 0 Å². The van der Waals surface area contributed by atoms with Gasteiger partial charge in [-0.25, -0.2) is 0 Å². The Morgan fingerprint density at radius 1 is 1.50 bits per heavy atom. The lowest BCUT2D eigenvalue weighted by Gasteiger charge is -2.38. The minimum atomic E-state index is 0.0414. The van der Waals surface area contributed by atoms with Crippen LogP contribution in [0.3, 0.4) is 0 Å². The Balaban J connectivity index is 2.65. The van der Waals surface area contributed by atoms with E-state index >= 15 is 0 Å². The van der Waals surface area contributed by atoms with Crippen molar-refractivity contribution >= 4 is 5.91 Å². The van der Waals surface area contributed by atoms with Crippen LogP contribution in [0.25, 0.3) is 0 Å². The molecule has 2 N–H and O–H groups in total. The highest BCUT2D eigenvalue weighted by Gasteiger charge is 2.28. The molecular weight excluding hydrogens is 178 g/mol. The Kier molecular flexibility index (Phi) is 3.52. The van der Waals surface area contributed by atoms with Gasteiger partial charge in [-0.1, -0.05) is 6.58 Å². The molecule has 1 heterocycles.